The fourth-order valence-corrected chi connectivity index (χ4v) is 2.01. The number of methoxy groups -OCH3 is 1. The Bertz CT molecular complexity index is 285. The molecule has 3 nitrogen and oxygen atoms in total. The molecule has 0 saturated carbocycles. The lowest BCUT2D eigenvalue weighted by molar-refractivity contribution is -0.141. The summed E-state index contributed by atoms with van der Waals surface area (Å²) in [5.41, 5.74) is 0. The topological polar surface area (TPSA) is 38.3 Å². The molecular weight excluding hydrogens is 210 g/mol. The molecule has 0 aliphatic heterocycles. The van der Waals surface area contributed by atoms with Crippen molar-refractivity contribution in [3.8, 4) is 0 Å². The normalized spacial score (nSPS) is 12.4. The predicted molar refractivity (Wildman–Crippen MR) is 62.1 cm³/mol. The number of hydrogen-bond acceptors (Lipinski definition) is 4. The highest BCUT2D eigenvalue weighted by molar-refractivity contribution is 7.09. The third-order valence-corrected chi connectivity index (χ3v) is 3.08. The van der Waals surface area contributed by atoms with Crippen LogP contribution in [0.2, 0.25) is 0 Å². The maximum atomic E-state index is 11.0. The minimum absolute atomic E-state index is 0.161. The number of hydrogen-bond donors (Lipinski definition) is 1. The Kier molecular flexibility index (Phi) is 5.36. The van der Waals surface area contributed by atoms with Gasteiger partial charge in [0, 0.05) is 17.5 Å². The number of thiophene rings is 1. The maximum absolute atomic E-state index is 11.0. The van der Waals surface area contributed by atoms with Gasteiger partial charge in [-0.05, 0) is 24.8 Å². The van der Waals surface area contributed by atoms with Gasteiger partial charge in [0.1, 0.15) is 0 Å². The Labute approximate surface area is 94.5 Å². The zero-order valence-electron chi connectivity index (χ0n) is 9.16. The molecule has 0 aliphatic rings. The standard InChI is InChI=1S/C11H17NO2S/c1-9(8-11(13)14-2)12-6-5-10-4-3-7-15-10/h3-4,7,9,12H,5-6,8H2,1-2H3. The number of carbonyl (C=O) groups excluding carboxylic acids is 1. The summed E-state index contributed by atoms with van der Waals surface area (Å²) in [4.78, 5) is 12.3. The number of rotatable bonds is 6. The van der Waals surface area contributed by atoms with E-state index in [1.165, 1.54) is 12.0 Å². The van der Waals surface area contributed by atoms with Crippen LogP contribution in [-0.2, 0) is 16.0 Å². The molecule has 15 heavy (non-hydrogen) atoms. The van der Waals surface area contributed by atoms with Gasteiger partial charge in [-0.15, -0.1) is 11.3 Å². The minimum atomic E-state index is -0.161. The molecule has 84 valence electrons. The van der Waals surface area contributed by atoms with Crippen LogP contribution < -0.4 is 5.32 Å². The zero-order chi connectivity index (χ0) is 11.1. The molecule has 1 aromatic rings. The average molecular weight is 227 g/mol. The lowest BCUT2D eigenvalue weighted by Crippen LogP contribution is -2.30. The molecule has 0 aromatic carbocycles. The Morgan fingerprint density at radius 3 is 3.07 bits per heavy atom. The van der Waals surface area contributed by atoms with Crippen molar-refractivity contribution in [1.82, 2.24) is 5.32 Å². The van der Waals surface area contributed by atoms with E-state index in [-0.39, 0.29) is 12.0 Å². The summed E-state index contributed by atoms with van der Waals surface area (Å²) >= 11 is 1.76. The first kappa shape index (κ1) is 12.2. The molecule has 1 aromatic heterocycles. The Morgan fingerprint density at radius 2 is 2.47 bits per heavy atom. The molecule has 0 saturated heterocycles. The third-order valence-electron chi connectivity index (χ3n) is 2.14. The average Bonchev–Trinajstić information content (AvgIpc) is 2.70. The van der Waals surface area contributed by atoms with Crippen molar-refractivity contribution in [3.63, 3.8) is 0 Å². The van der Waals surface area contributed by atoms with Crippen LogP contribution in [0, 0.1) is 0 Å². The van der Waals surface area contributed by atoms with Crippen molar-refractivity contribution >= 4 is 17.3 Å². The van der Waals surface area contributed by atoms with Crippen molar-refractivity contribution in [2.75, 3.05) is 13.7 Å². The van der Waals surface area contributed by atoms with Gasteiger partial charge in [0.25, 0.3) is 0 Å². The molecule has 1 heterocycles. The summed E-state index contributed by atoms with van der Waals surface area (Å²) in [5, 5.41) is 5.37. The molecule has 0 radical (unpaired) electrons. The zero-order valence-corrected chi connectivity index (χ0v) is 9.97. The number of esters is 1. The predicted octanol–water partition coefficient (Wildman–Crippen LogP) is 1.83. The van der Waals surface area contributed by atoms with Crippen LogP contribution in [0.5, 0.6) is 0 Å². The summed E-state index contributed by atoms with van der Waals surface area (Å²) < 4.78 is 4.60. The highest BCUT2D eigenvalue weighted by Gasteiger charge is 2.07. The van der Waals surface area contributed by atoms with Crippen molar-refractivity contribution in [2.24, 2.45) is 0 Å². The largest absolute Gasteiger partial charge is 0.469 e. The van der Waals surface area contributed by atoms with E-state index in [1.807, 2.05) is 6.92 Å². The van der Waals surface area contributed by atoms with Gasteiger partial charge >= 0.3 is 5.97 Å². The fraction of sp³-hybridized carbons (Fsp3) is 0.545. The second-order valence-electron chi connectivity index (χ2n) is 3.46. The lowest BCUT2D eigenvalue weighted by atomic mass is 10.2. The first-order chi connectivity index (χ1) is 7.22. The van der Waals surface area contributed by atoms with Crippen molar-refractivity contribution in [2.45, 2.75) is 25.8 Å². The van der Waals surface area contributed by atoms with Crippen LogP contribution in [0.25, 0.3) is 0 Å². The molecule has 0 spiro atoms. The quantitative estimate of drug-likeness (QED) is 0.754. The van der Waals surface area contributed by atoms with E-state index in [2.05, 4.69) is 27.6 Å². The number of carbonyl (C=O) groups is 1. The SMILES string of the molecule is COC(=O)CC(C)NCCc1cccs1. The Hall–Kier alpha value is -0.870. The maximum Gasteiger partial charge on any atom is 0.307 e. The second kappa shape index (κ2) is 6.58. The molecule has 1 atom stereocenters. The van der Waals surface area contributed by atoms with Gasteiger partial charge < -0.3 is 10.1 Å². The van der Waals surface area contributed by atoms with Gasteiger partial charge in [0.2, 0.25) is 0 Å². The van der Waals surface area contributed by atoms with Crippen LogP contribution in [0.1, 0.15) is 18.2 Å². The second-order valence-corrected chi connectivity index (χ2v) is 4.50. The highest BCUT2D eigenvalue weighted by atomic mass is 32.1. The summed E-state index contributed by atoms with van der Waals surface area (Å²) in [6.07, 6.45) is 1.45. The molecular formula is C11H17NO2S. The van der Waals surface area contributed by atoms with E-state index in [9.17, 15) is 4.79 Å². The van der Waals surface area contributed by atoms with Gasteiger partial charge in [0.15, 0.2) is 0 Å². The Balaban J connectivity index is 2.12. The van der Waals surface area contributed by atoms with Crippen molar-refractivity contribution in [3.05, 3.63) is 22.4 Å². The summed E-state index contributed by atoms with van der Waals surface area (Å²) in [6.45, 7) is 2.89. The van der Waals surface area contributed by atoms with Crippen molar-refractivity contribution < 1.29 is 9.53 Å². The van der Waals surface area contributed by atoms with E-state index in [4.69, 9.17) is 0 Å². The number of ether oxygens (including phenoxy) is 1. The minimum Gasteiger partial charge on any atom is -0.469 e. The molecule has 1 unspecified atom stereocenters. The fourth-order valence-electron chi connectivity index (χ4n) is 1.30. The van der Waals surface area contributed by atoms with Crippen LogP contribution >= 0.6 is 11.3 Å². The molecule has 0 bridgehead atoms. The monoisotopic (exact) mass is 227 g/mol. The first-order valence-electron chi connectivity index (χ1n) is 5.05. The van der Waals surface area contributed by atoms with E-state index in [0.29, 0.717) is 6.42 Å². The van der Waals surface area contributed by atoms with E-state index in [0.717, 1.165) is 13.0 Å². The lowest BCUT2D eigenvalue weighted by Gasteiger charge is -2.11. The summed E-state index contributed by atoms with van der Waals surface area (Å²) in [6, 6.07) is 4.35. The molecule has 0 fully saturated rings. The number of nitrogens with one attached hydrogen (secondary N) is 1. The Morgan fingerprint density at radius 1 is 1.67 bits per heavy atom. The van der Waals surface area contributed by atoms with Gasteiger partial charge in [-0.3, -0.25) is 4.79 Å². The first-order valence-corrected chi connectivity index (χ1v) is 5.93. The van der Waals surface area contributed by atoms with Crippen molar-refractivity contribution in [1.29, 1.82) is 0 Å². The van der Waals surface area contributed by atoms with Gasteiger partial charge in [0.05, 0.1) is 13.5 Å². The van der Waals surface area contributed by atoms with Gasteiger partial charge in [-0.1, -0.05) is 6.07 Å². The third kappa shape index (κ3) is 4.95. The van der Waals surface area contributed by atoms with E-state index >= 15 is 0 Å². The van der Waals surface area contributed by atoms with Gasteiger partial charge in [-0.25, -0.2) is 0 Å². The van der Waals surface area contributed by atoms with Crippen LogP contribution in [0.15, 0.2) is 17.5 Å². The highest BCUT2D eigenvalue weighted by Crippen LogP contribution is 2.08. The van der Waals surface area contributed by atoms with Crippen LogP contribution in [-0.4, -0.2) is 25.7 Å². The molecule has 1 rings (SSSR count). The molecule has 4 heteroatoms. The van der Waals surface area contributed by atoms with E-state index in [1.54, 1.807) is 11.3 Å². The summed E-state index contributed by atoms with van der Waals surface area (Å²) in [7, 11) is 1.42. The molecule has 0 aliphatic carbocycles. The molecule has 0 amide bonds. The van der Waals surface area contributed by atoms with Gasteiger partial charge in [-0.2, -0.15) is 0 Å². The van der Waals surface area contributed by atoms with Crippen LogP contribution in [0.4, 0.5) is 0 Å². The molecule has 1 N–H and O–H groups in total. The smallest absolute Gasteiger partial charge is 0.307 e. The summed E-state index contributed by atoms with van der Waals surface area (Å²) in [5.74, 6) is -0.161. The van der Waals surface area contributed by atoms with E-state index < -0.39 is 0 Å². The van der Waals surface area contributed by atoms with Crippen LogP contribution in [0.3, 0.4) is 0 Å².